The second kappa shape index (κ2) is 10.8. The Morgan fingerprint density at radius 1 is 0.953 bits per heavy atom. The lowest BCUT2D eigenvalue weighted by Crippen LogP contribution is -2.53. The fraction of sp³-hybridized carbons (Fsp3) is 0.343. The first kappa shape index (κ1) is 27.5. The van der Waals surface area contributed by atoms with Crippen LogP contribution in [-0.2, 0) is 22.6 Å². The number of carbonyl (C=O) groups is 3. The number of imide groups is 1. The van der Waals surface area contributed by atoms with Crippen molar-refractivity contribution >= 4 is 34.2 Å². The fourth-order valence-corrected chi connectivity index (χ4v) is 7.01. The van der Waals surface area contributed by atoms with Crippen LogP contribution in [0.15, 0.2) is 78.5 Å². The number of amides is 3. The summed E-state index contributed by atoms with van der Waals surface area (Å²) in [6.45, 7) is 5.98. The van der Waals surface area contributed by atoms with E-state index in [-0.39, 0.29) is 18.2 Å². The molecule has 4 aliphatic rings. The van der Waals surface area contributed by atoms with Gasteiger partial charge in [-0.2, -0.15) is 0 Å². The minimum atomic E-state index is -1.29. The lowest BCUT2D eigenvalue weighted by Gasteiger charge is -2.41. The van der Waals surface area contributed by atoms with Crippen LogP contribution in [0, 0.1) is 0 Å². The summed E-state index contributed by atoms with van der Waals surface area (Å²) in [5, 5.41) is 4.26. The van der Waals surface area contributed by atoms with E-state index in [4.69, 9.17) is 0 Å². The topological polar surface area (TPSA) is 73.0 Å². The maximum atomic E-state index is 15.0. The van der Waals surface area contributed by atoms with Gasteiger partial charge in [0.25, 0.3) is 5.91 Å². The molecule has 3 heterocycles. The summed E-state index contributed by atoms with van der Waals surface area (Å²) in [6.07, 6.45) is 7.48. The van der Waals surface area contributed by atoms with E-state index in [9.17, 15) is 14.4 Å². The molecule has 0 aromatic heterocycles. The molecule has 43 heavy (non-hydrogen) atoms. The molecule has 1 N–H and O–H groups in total. The summed E-state index contributed by atoms with van der Waals surface area (Å²) in [5.41, 5.74) is 4.39. The number of piperidine rings is 1. The van der Waals surface area contributed by atoms with Crippen molar-refractivity contribution in [2.75, 3.05) is 31.1 Å². The number of benzene rings is 3. The van der Waals surface area contributed by atoms with Gasteiger partial charge in [0.1, 0.15) is 6.04 Å². The van der Waals surface area contributed by atoms with Crippen LogP contribution in [-0.4, -0.2) is 65.4 Å². The smallest absolute Gasteiger partial charge is 0.259 e. The number of alkyl halides is 1. The molecule has 2 fully saturated rings. The fourth-order valence-electron chi connectivity index (χ4n) is 7.01. The Bertz CT molecular complexity index is 1690. The molecule has 7 rings (SSSR count). The second-order valence-electron chi connectivity index (χ2n) is 12.3. The summed E-state index contributed by atoms with van der Waals surface area (Å²) in [4.78, 5) is 43.9. The molecular weight excluding hydrogens is 543 g/mol. The van der Waals surface area contributed by atoms with Crippen LogP contribution in [0.25, 0.3) is 10.8 Å². The van der Waals surface area contributed by atoms with E-state index < -0.39 is 17.6 Å². The van der Waals surface area contributed by atoms with Gasteiger partial charge in [-0.05, 0) is 60.1 Å². The number of nitrogens with one attached hydrogen (secondary N) is 1. The van der Waals surface area contributed by atoms with Crippen LogP contribution >= 0.6 is 0 Å². The highest BCUT2D eigenvalue weighted by Gasteiger charge is 2.41. The van der Waals surface area contributed by atoms with Gasteiger partial charge in [-0.15, -0.1) is 0 Å². The van der Waals surface area contributed by atoms with Crippen molar-refractivity contribution in [2.24, 2.45) is 0 Å². The molecule has 220 valence electrons. The Morgan fingerprint density at radius 3 is 2.47 bits per heavy atom. The SMILES string of the molecule is CC1(F)CC=CC=C1N1CCN(Cc2ccc(Cc3ccc4c5c(cccc35)C(=O)N4[C@H]3CCC(=O)NC3=O)cc2)CC1. The van der Waals surface area contributed by atoms with Gasteiger partial charge in [0.2, 0.25) is 11.8 Å². The van der Waals surface area contributed by atoms with Crippen molar-refractivity contribution in [3.05, 3.63) is 101 Å². The Kier molecular flexibility index (Phi) is 6.89. The van der Waals surface area contributed by atoms with Crippen LogP contribution in [0.5, 0.6) is 0 Å². The molecule has 2 atom stereocenters. The number of piperazine rings is 1. The number of anilines is 1. The molecule has 7 nitrogen and oxygen atoms in total. The van der Waals surface area contributed by atoms with Crippen molar-refractivity contribution < 1.29 is 18.8 Å². The number of rotatable bonds is 6. The lowest BCUT2D eigenvalue weighted by molar-refractivity contribution is -0.134. The number of hydrogen-bond donors (Lipinski definition) is 1. The third-order valence-electron chi connectivity index (χ3n) is 9.30. The average Bonchev–Trinajstić information content (AvgIpc) is 3.28. The maximum absolute atomic E-state index is 15.0. The molecule has 0 bridgehead atoms. The van der Waals surface area contributed by atoms with Gasteiger partial charge >= 0.3 is 0 Å². The Balaban J connectivity index is 1.03. The van der Waals surface area contributed by atoms with Crippen molar-refractivity contribution in [3.8, 4) is 0 Å². The number of allylic oxidation sites excluding steroid dienone is 4. The van der Waals surface area contributed by atoms with E-state index in [0.717, 1.165) is 66.9 Å². The van der Waals surface area contributed by atoms with Gasteiger partial charge < -0.3 is 4.90 Å². The largest absolute Gasteiger partial charge is 0.370 e. The first-order chi connectivity index (χ1) is 20.8. The van der Waals surface area contributed by atoms with E-state index in [1.807, 2.05) is 48.6 Å². The minimum absolute atomic E-state index is 0.191. The van der Waals surface area contributed by atoms with E-state index in [1.165, 1.54) is 11.1 Å². The van der Waals surface area contributed by atoms with E-state index in [0.29, 0.717) is 18.4 Å². The van der Waals surface area contributed by atoms with Gasteiger partial charge in [-0.1, -0.05) is 54.6 Å². The molecule has 3 aromatic rings. The predicted octanol–water partition coefficient (Wildman–Crippen LogP) is 4.89. The Hall–Kier alpha value is -4.30. The zero-order valence-electron chi connectivity index (χ0n) is 24.3. The molecule has 2 saturated heterocycles. The first-order valence-electron chi connectivity index (χ1n) is 15.1. The number of carbonyl (C=O) groups excluding carboxylic acids is 3. The second-order valence-corrected chi connectivity index (χ2v) is 12.3. The van der Waals surface area contributed by atoms with E-state index in [1.54, 1.807) is 11.8 Å². The van der Waals surface area contributed by atoms with Crippen molar-refractivity contribution in [1.29, 1.82) is 0 Å². The molecule has 3 aromatic carbocycles. The van der Waals surface area contributed by atoms with Crippen LogP contribution in [0.3, 0.4) is 0 Å². The summed E-state index contributed by atoms with van der Waals surface area (Å²) in [7, 11) is 0. The lowest BCUT2D eigenvalue weighted by atomic mass is 9.94. The van der Waals surface area contributed by atoms with Crippen molar-refractivity contribution in [2.45, 2.75) is 50.9 Å². The Labute approximate surface area is 250 Å². The third kappa shape index (κ3) is 5.03. The van der Waals surface area contributed by atoms with Crippen molar-refractivity contribution in [3.63, 3.8) is 0 Å². The van der Waals surface area contributed by atoms with Crippen LogP contribution in [0.2, 0.25) is 0 Å². The standard InChI is InChI=1S/C35H35FN4O3/c1-35(36)16-3-2-7-30(35)39-19-17-38(18-20-39)22-24-10-8-23(9-11-24)21-25-12-13-28-32-26(25)5-4-6-27(32)34(43)40(28)29-14-15-31(41)37-33(29)42/h2-13,29H,14-22H2,1H3,(H,37,41,42)/t29-,35?/m0/s1. The molecule has 3 amide bonds. The Morgan fingerprint density at radius 2 is 1.72 bits per heavy atom. The maximum Gasteiger partial charge on any atom is 0.259 e. The van der Waals surface area contributed by atoms with Crippen LogP contribution in [0.1, 0.15) is 53.2 Å². The van der Waals surface area contributed by atoms with Gasteiger partial charge in [-0.3, -0.25) is 29.5 Å². The predicted molar refractivity (Wildman–Crippen MR) is 164 cm³/mol. The zero-order chi connectivity index (χ0) is 29.7. The van der Waals surface area contributed by atoms with Gasteiger partial charge in [-0.25, -0.2) is 4.39 Å². The monoisotopic (exact) mass is 578 g/mol. The quantitative estimate of drug-likeness (QED) is 0.422. The first-order valence-corrected chi connectivity index (χ1v) is 15.1. The van der Waals surface area contributed by atoms with Gasteiger partial charge in [0, 0.05) is 56.5 Å². The molecule has 8 heteroatoms. The highest BCUT2D eigenvalue weighted by atomic mass is 19.1. The van der Waals surface area contributed by atoms with Gasteiger partial charge in [0.15, 0.2) is 5.67 Å². The molecule has 1 aliphatic carbocycles. The molecule has 0 radical (unpaired) electrons. The van der Waals surface area contributed by atoms with E-state index >= 15 is 4.39 Å². The van der Waals surface area contributed by atoms with Crippen molar-refractivity contribution in [1.82, 2.24) is 15.1 Å². The number of nitrogens with zero attached hydrogens (tertiary/aromatic N) is 3. The number of hydrogen-bond acceptors (Lipinski definition) is 5. The summed E-state index contributed by atoms with van der Waals surface area (Å²) in [6, 6.07) is 17.8. The zero-order valence-corrected chi connectivity index (χ0v) is 24.3. The van der Waals surface area contributed by atoms with Crippen LogP contribution < -0.4 is 10.2 Å². The molecule has 0 saturated carbocycles. The van der Waals surface area contributed by atoms with E-state index in [2.05, 4.69) is 39.4 Å². The summed E-state index contributed by atoms with van der Waals surface area (Å²) >= 11 is 0. The molecular formula is C35H35FN4O3. The summed E-state index contributed by atoms with van der Waals surface area (Å²) in [5.74, 6) is -0.905. The van der Waals surface area contributed by atoms with Crippen LogP contribution in [0.4, 0.5) is 10.1 Å². The summed E-state index contributed by atoms with van der Waals surface area (Å²) < 4.78 is 15.0. The minimum Gasteiger partial charge on any atom is -0.370 e. The normalized spacial score (nSPS) is 24.1. The average molecular weight is 579 g/mol. The molecule has 0 spiro atoms. The highest BCUT2D eigenvalue weighted by molar-refractivity contribution is 6.27. The third-order valence-corrected chi connectivity index (χ3v) is 9.30. The van der Waals surface area contributed by atoms with Gasteiger partial charge in [0.05, 0.1) is 11.4 Å². The molecule has 1 unspecified atom stereocenters. The number of halogens is 1. The molecule has 3 aliphatic heterocycles. The highest BCUT2D eigenvalue weighted by Crippen LogP contribution is 2.41.